The molecule has 0 saturated carbocycles. The van der Waals surface area contributed by atoms with Crippen LogP contribution in [0.4, 0.5) is 0 Å². The van der Waals surface area contributed by atoms with Gasteiger partial charge in [0.05, 0.1) is 33.2 Å². The fraction of sp³-hybridized carbons (Fsp3) is 0.0217. The number of nitrogens with zero attached hydrogens (tertiary/aromatic N) is 3. The third-order valence-electron chi connectivity index (χ3n) is 10.3. The number of rotatable bonds is 4. The molecule has 11 rings (SSSR count). The van der Waals surface area contributed by atoms with Crippen molar-refractivity contribution in [1.82, 2.24) is 14.5 Å². The Morgan fingerprint density at radius 1 is 0.510 bits per heavy atom. The number of hydrogen-bond donors (Lipinski definition) is 1. The van der Waals surface area contributed by atoms with E-state index in [1.807, 2.05) is 12.1 Å². The Balaban J connectivity index is 1.24. The maximum Gasteiger partial charge on any atom is 0.201 e. The minimum absolute atomic E-state index is 0.392. The van der Waals surface area contributed by atoms with Crippen molar-refractivity contribution < 1.29 is 4.42 Å². The van der Waals surface area contributed by atoms with Gasteiger partial charge in [-0.25, -0.2) is 4.99 Å². The Morgan fingerprint density at radius 2 is 1.20 bits per heavy atom. The summed E-state index contributed by atoms with van der Waals surface area (Å²) in [6.07, 6.45) is 1.77. The number of aliphatic imine (C=N–C) groups is 1. The van der Waals surface area contributed by atoms with Crippen molar-refractivity contribution >= 4 is 77.0 Å². The molecule has 1 unspecified atom stereocenters. The minimum Gasteiger partial charge on any atom is -0.455 e. The van der Waals surface area contributed by atoms with Gasteiger partial charge in [-0.3, -0.25) is 0 Å². The molecule has 3 aromatic heterocycles. The highest BCUT2D eigenvalue weighted by Crippen LogP contribution is 2.44. The second kappa shape index (κ2) is 10.8. The first-order valence-electron chi connectivity index (χ1n) is 17.3. The van der Waals surface area contributed by atoms with Gasteiger partial charge in [-0.05, 0) is 65.7 Å². The van der Waals surface area contributed by atoms with E-state index in [0.717, 1.165) is 83.0 Å². The van der Waals surface area contributed by atoms with Crippen LogP contribution in [0.2, 0.25) is 0 Å². The molecule has 4 heterocycles. The predicted octanol–water partition coefficient (Wildman–Crippen LogP) is 11.4. The van der Waals surface area contributed by atoms with E-state index < -0.39 is 6.29 Å². The Kier molecular flexibility index (Phi) is 5.95. The molecule has 10 aromatic rings. The van der Waals surface area contributed by atoms with Crippen molar-refractivity contribution in [3.63, 3.8) is 0 Å². The van der Waals surface area contributed by atoms with Crippen LogP contribution in [-0.2, 0) is 0 Å². The van der Waals surface area contributed by atoms with Crippen molar-refractivity contribution in [3.8, 4) is 5.69 Å². The Labute approximate surface area is 293 Å². The Hall–Kier alpha value is -6.85. The van der Waals surface area contributed by atoms with Gasteiger partial charge in [-0.2, -0.15) is 0 Å². The zero-order chi connectivity index (χ0) is 33.5. The zero-order valence-corrected chi connectivity index (χ0v) is 27.5. The summed E-state index contributed by atoms with van der Waals surface area (Å²) in [6, 6.07) is 57.8. The fourth-order valence-electron chi connectivity index (χ4n) is 8.08. The van der Waals surface area contributed by atoms with E-state index in [9.17, 15) is 0 Å². The van der Waals surface area contributed by atoms with Crippen LogP contribution >= 0.6 is 0 Å². The van der Waals surface area contributed by atoms with Crippen LogP contribution in [0.15, 0.2) is 179 Å². The average Bonchev–Trinajstić information content (AvgIpc) is 3.85. The maximum absolute atomic E-state index is 6.68. The van der Waals surface area contributed by atoms with Gasteiger partial charge in [0.2, 0.25) is 6.29 Å². The zero-order valence-electron chi connectivity index (χ0n) is 27.5. The quantitative estimate of drug-likeness (QED) is 0.205. The molecule has 0 saturated heterocycles. The summed E-state index contributed by atoms with van der Waals surface area (Å²) < 4.78 is 11.4. The highest BCUT2D eigenvalue weighted by atomic mass is 16.3. The van der Waals surface area contributed by atoms with E-state index in [2.05, 4.69) is 172 Å². The van der Waals surface area contributed by atoms with E-state index in [-0.39, 0.29) is 0 Å². The first-order chi connectivity index (χ1) is 25.3. The Morgan fingerprint density at radius 3 is 2.00 bits per heavy atom. The van der Waals surface area contributed by atoms with E-state index in [4.69, 9.17) is 9.41 Å². The van der Waals surface area contributed by atoms with Gasteiger partial charge in [0.15, 0.2) is 0 Å². The number of fused-ring (bicyclic) bond motifs is 10. The SMILES string of the molecule is C1=C(c2ccccc2)NC(n2c3ccccc3c3cc4c5c6oc7ccccc7c6ccc5n(-c5ccccc5)c4cc32)N=C1c1ccccc1. The van der Waals surface area contributed by atoms with Crippen LogP contribution in [0.1, 0.15) is 17.4 Å². The van der Waals surface area contributed by atoms with Gasteiger partial charge in [-0.1, -0.05) is 115 Å². The third-order valence-corrected chi connectivity index (χ3v) is 10.3. The molecule has 240 valence electrons. The van der Waals surface area contributed by atoms with Gasteiger partial charge in [0.25, 0.3) is 0 Å². The summed E-state index contributed by atoms with van der Waals surface area (Å²) >= 11 is 0. The number of furan rings is 1. The molecule has 7 aromatic carbocycles. The third kappa shape index (κ3) is 4.18. The molecule has 0 fully saturated rings. The lowest BCUT2D eigenvalue weighted by Gasteiger charge is -2.27. The first-order valence-corrected chi connectivity index (χ1v) is 17.3. The molecule has 0 spiro atoms. The van der Waals surface area contributed by atoms with E-state index >= 15 is 0 Å². The molecule has 1 aliphatic heterocycles. The molecule has 0 aliphatic carbocycles. The number of hydrogen-bond acceptors (Lipinski definition) is 3. The van der Waals surface area contributed by atoms with Crippen LogP contribution in [0.3, 0.4) is 0 Å². The van der Waals surface area contributed by atoms with Crippen molar-refractivity contribution in [3.05, 3.63) is 181 Å². The topological polar surface area (TPSA) is 47.4 Å². The monoisotopic (exact) mass is 654 g/mol. The molecular weight excluding hydrogens is 625 g/mol. The number of benzene rings is 7. The number of para-hydroxylation sites is 3. The van der Waals surface area contributed by atoms with Crippen LogP contribution in [-0.4, -0.2) is 14.8 Å². The molecule has 1 N–H and O–H groups in total. The normalized spacial score (nSPS) is 14.9. The van der Waals surface area contributed by atoms with E-state index in [0.29, 0.717) is 0 Å². The van der Waals surface area contributed by atoms with Crippen LogP contribution in [0.25, 0.3) is 76.9 Å². The summed E-state index contributed by atoms with van der Waals surface area (Å²) in [5, 5.41) is 10.7. The van der Waals surface area contributed by atoms with Crippen LogP contribution < -0.4 is 5.32 Å². The van der Waals surface area contributed by atoms with Crippen molar-refractivity contribution in [1.29, 1.82) is 0 Å². The van der Waals surface area contributed by atoms with Crippen molar-refractivity contribution in [2.75, 3.05) is 0 Å². The number of aromatic nitrogens is 2. The summed E-state index contributed by atoms with van der Waals surface area (Å²) in [5.74, 6) is 0. The largest absolute Gasteiger partial charge is 0.455 e. The molecule has 5 heteroatoms. The van der Waals surface area contributed by atoms with E-state index in [1.54, 1.807) is 0 Å². The molecule has 0 radical (unpaired) electrons. The van der Waals surface area contributed by atoms with Gasteiger partial charge >= 0.3 is 0 Å². The molecular formula is C46H30N4O. The van der Waals surface area contributed by atoms with Gasteiger partial charge in [0, 0.05) is 38.3 Å². The average molecular weight is 655 g/mol. The van der Waals surface area contributed by atoms with Gasteiger partial charge in [-0.15, -0.1) is 0 Å². The van der Waals surface area contributed by atoms with E-state index in [1.165, 1.54) is 10.8 Å². The number of allylic oxidation sites excluding steroid dienone is 1. The summed E-state index contributed by atoms with van der Waals surface area (Å²) in [7, 11) is 0. The number of nitrogens with one attached hydrogen (secondary N) is 1. The van der Waals surface area contributed by atoms with Gasteiger partial charge in [0.1, 0.15) is 11.2 Å². The highest BCUT2D eigenvalue weighted by molar-refractivity contribution is 6.26. The predicted molar refractivity (Wildman–Crippen MR) is 211 cm³/mol. The summed E-state index contributed by atoms with van der Waals surface area (Å²) in [4.78, 5) is 5.41. The second-order valence-corrected chi connectivity index (χ2v) is 13.2. The van der Waals surface area contributed by atoms with Crippen LogP contribution in [0, 0.1) is 0 Å². The smallest absolute Gasteiger partial charge is 0.201 e. The lowest BCUT2D eigenvalue weighted by Crippen LogP contribution is -2.29. The highest BCUT2D eigenvalue weighted by Gasteiger charge is 2.26. The minimum atomic E-state index is -0.392. The van der Waals surface area contributed by atoms with Gasteiger partial charge < -0.3 is 18.9 Å². The molecule has 1 atom stereocenters. The van der Waals surface area contributed by atoms with Crippen molar-refractivity contribution in [2.24, 2.45) is 4.99 Å². The van der Waals surface area contributed by atoms with Crippen LogP contribution in [0.5, 0.6) is 0 Å². The summed E-state index contributed by atoms with van der Waals surface area (Å²) in [5.41, 5.74) is 11.5. The molecule has 51 heavy (non-hydrogen) atoms. The second-order valence-electron chi connectivity index (χ2n) is 13.2. The lowest BCUT2D eigenvalue weighted by atomic mass is 10.0. The summed E-state index contributed by atoms with van der Waals surface area (Å²) in [6.45, 7) is 0. The molecule has 0 amide bonds. The maximum atomic E-state index is 6.68. The van der Waals surface area contributed by atoms with Crippen molar-refractivity contribution in [2.45, 2.75) is 6.29 Å². The fourth-order valence-corrected chi connectivity index (χ4v) is 8.08. The molecule has 5 nitrogen and oxygen atoms in total. The standard InChI is InChI=1S/C46H30N4O/c1-4-14-29(15-5-1)37-27-38(30-16-6-2-7-17-30)48-46(47-37)50-39-22-12-10-20-32(39)35-26-36-42(28-41(35)50)49(31-18-8-3-9-19-31)40-25-24-34-33-21-11-13-23-43(33)51-45(34)44(36)40/h1-28,46-47H. The first kappa shape index (κ1) is 28.0. The molecule has 1 aliphatic rings. The lowest BCUT2D eigenvalue weighted by molar-refractivity contribution is 0.508. The Bertz CT molecular complexity index is 3040. The molecule has 0 bridgehead atoms.